The molecule has 0 aliphatic heterocycles. The number of nitrogens with zero attached hydrogens (tertiary/aromatic N) is 1. The lowest BCUT2D eigenvalue weighted by Crippen LogP contribution is -2.09. The van der Waals surface area contributed by atoms with Crippen molar-refractivity contribution in [1.29, 1.82) is 0 Å². The van der Waals surface area contributed by atoms with Crippen molar-refractivity contribution >= 4 is 29.2 Å². The van der Waals surface area contributed by atoms with Gasteiger partial charge in [0.1, 0.15) is 5.82 Å². The number of aromatic nitrogens is 2. The van der Waals surface area contributed by atoms with Gasteiger partial charge in [-0.2, -0.15) is 0 Å². The monoisotopic (exact) mass is 217 g/mol. The maximum Gasteiger partial charge on any atom is 0.253 e. The number of anilines is 1. The molecule has 3 N–H and O–H groups in total. The summed E-state index contributed by atoms with van der Waals surface area (Å²) in [5.41, 5.74) is 5.10. The second kappa shape index (κ2) is 4.34. The second-order valence-corrected chi connectivity index (χ2v) is 3.78. The minimum absolute atomic E-state index is 0.200. The number of H-pyrrole nitrogens is 1. The standard InChI is InChI=1S/C7H8ClN3OS/c1-4(8)3-13-7-10-5(9)2-6(12)11-7/h2H,1,3H2,(H3,9,10,11,12). The lowest BCUT2D eigenvalue weighted by Gasteiger charge is -1.99. The summed E-state index contributed by atoms with van der Waals surface area (Å²) in [6.07, 6.45) is 0. The number of rotatable bonds is 3. The molecule has 0 aliphatic carbocycles. The van der Waals surface area contributed by atoms with Crippen molar-refractivity contribution in [3.05, 3.63) is 28.0 Å². The van der Waals surface area contributed by atoms with Gasteiger partial charge in [-0.3, -0.25) is 4.79 Å². The molecule has 0 aromatic carbocycles. The summed E-state index contributed by atoms with van der Waals surface area (Å²) < 4.78 is 0. The van der Waals surface area contributed by atoms with Crippen LogP contribution in [0, 0.1) is 0 Å². The molecule has 0 unspecified atom stereocenters. The fourth-order valence-corrected chi connectivity index (χ4v) is 1.47. The van der Waals surface area contributed by atoms with E-state index in [2.05, 4.69) is 16.5 Å². The molecule has 0 radical (unpaired) electrons. The van der Waals surface area contributed by atoms with E-state index < -0.39 is 0 Å². The highest BCUT2D eigenvalue weighted by molar-refractivity contribution is 7.99. The van der Waals surface area contributed by atoms with Gasteiger partial charge in [0.05, 0.1) is 0 Å². The number of hydrogen-bond donors (Lipinski definition) is 2. The summed E-state index contributed by atoms with van der Waals surface area (Å²) in [7, 11) is 0. The second-order valence-electron chi connectivity index (χ2n) is 2.28. The molecular formula is C7H8ClN3OS. The fraction of sp³-hybridized carbons (Fsp3) is 0.143. The lowest BCUT2D eigenvalue weighted by molar-refractivity contribution is 0.947. The Balaban J connectivity index is 2.77. The molecule has 1 aromatic rings. The number of nitrogens with two attached hydrogens (primary N) is 1. The molecule has 1 aromatic heterocycles. The minimum Gasteiger partial charge on any atom is -0.383 e. The van der Waals surface area contributed by atoms with E-state index in [0.717, 1.165) is 0 Å². The summed E-state index contributed by atoms with van der Waals surface area (Å²) >= 11 is 6.82. The van der Waals surface area contributed by atoms with Crippen molar-refractivity contribution < 1.29 is 0 Å². The number of thioether (sulfide) groups is 1. The number of halogens is 1. The maximum absolute atomic E-state index is 10.9. The van der Waals surface area contributed by atoms with Crippen LogP contribution in [0.2, 0.25) is 0 Å². The van der Waals surface area contributed by atoms with Crippen molar-refractivity contribution in [2.45, 2.75) is 5.16 Å². The van der Waals surface area contributed by atoms with Crippen LogP contribution in [0.25, 0.3) is 0 Å². The number of aromatic amines is 1. The molecule has 0 bridgehead atoms. The lowest BCUT2D eigenvalue weighted by atomic mass is 10.6. The third kappa shape index (κ3) is 3.52. The zero-order valence-electron chi connectivity index (χ0n) is 6.71. The van der Waals surface area contributed by atoms with Gasteiger partial charge in [0.25, 0.3) is 5.56 Å². The highest BCUT2D eigenvalue weighted by Crippen LogP contribution is 2.16. The van der Waals surface area contributed by atoms with Crippen molar-refractivity contribution in [2.24, 2.45) is 0 Å². The first-order valence-electron chi connectivity index (χ1n) is 3.41. The normalized spacial score (nSPS) is 9.92. The maximum atomic E-state index is 10.9. The first-order valence-corrected chi connectivity index (χ1v) is 4.77. The average molecular weight is 218 g/mol. The summed E-state index contributed by atoms with van der Waals surface area (Å²) in [6, 6.07) is 1.22. The summed E-state index contributed by atoms with van der Waals surface area (Å²) in [6.45, 7) is 3.51. The predicted octanol–water partition coefficient (Wildman–Crippen LogP) is 1.20. The van der Waals surface area contributed by atoms with Gasteiger partial charge in [-0.05, 0) is 0 Å². The van der Waals surface area contributed by atoms with E-state index in [-0.39, 0.29) is 11.4 Å². The molecule has 4 nitrogen and oxygen atoms in total. The van der Waals surface area contributed by atoms with E-state index in [1.54, 1.807) is 0 Å². The van der Waals surface area contributed by atoms with E-state index in [1.807, 2.05) is 0 Å². The van der Waals surface area contributed by atoms with Gasteiger partial charge in [-0.25, -0.2) is 4.98 Å². The molecule has 13 heavy (non-hydrogen) atoms. The van der Waals surface area contributed by atoms with Gasteiger partial charge in [-0.1, -0.05) is 29.9 Å². The van der Waals surface area contributed by atoms with Crippen LogP contribution in [0.1, 0.15) is 0 Å². The van der Waals surface area contributed by atoms with Crippen LogP contribution < -0.4 is 11.3 Å². The molecule has 0 fully saturated rings. The first kappa shape index (κ1) is 10.1. The molecule has 0 saturated heterocycles. The van der Waals surface area contributed by atoms with Crippen LogP contribution in [-0.4, -0.2) is 15.7 Å². The smallest absolute Gasteiger partial charge is 0.253 e. The molecule has 0 amide bonds. The number of nitrogen functional groups attached to an aromatic ring is 1. The van der Waals surface area contributed by atoms with Crippen molar-refractivity contribution in [1.82, 2.24) is 9.97 Å². The van der Waals surface area contributed by atoms with Gasteiger partial charge < -0.3 is 10.7 Å². The van der Waals surface area contributed by atoms with Crippen molar-refractivity contribution in [3.63, 3.8) is 0 Å². The minimum atomic E-state index is -0.268. The molecular weight excluding hydrogens is 210 g/mol. The Morgan fingerprint density at radius 1 is 1.85 bits per heavy atom. The molecule has 70 valence electrons. The van der Waals surface area contributed by atoms with E-state index in [1.165, 1.54) is 17.8 Å². The Hall–Kier alpha value is -0.940. The molecule has 0 saturated carbocycles. The third-order valence-corrected chi connectivity index (χ3v) is 2.36. The van der Waals surface area contributed by atoms with Crippen LogP contribution >= 0.6 is 23.4 Å². The van der Waals surface area contributed by atoms with Gasteiger partial charge >= 0.3 is 0 Å². The molecule has 6 heteroatoms. The molecule has 1 rings (SSSR count). The van der Waals surface area contributed by atoms with Crippen molar-refractivity contribution in [2.75, 3.05) is 11.5 Å². The Labute approximate surface area is 84.2 Å². The Bertz CT molecular complexity index is 376. The Kier molecular flexibility index (Phi) is 3.39. The highest BCUT2D eigenvalue weighted by Gasteiger charge is 1.99. The summed E-state index contributed by atoms with van der Waals surface area (Å²) in [5, 5.41) is 0.946. The predicted molar refractivity (Wildman–Crippen MR) is 55.0 cm³/mol. The van der Waals surface area contributed by atoms with Gasteiger partial charge in [0.2, 0.25) is 0 Å². The fourth-order valence-electron chi connectivity index (χ4n) is 0.668. The summed E-state index contributed by atoms with van der Waals surface area (Å²) in [5.74, 6) is 0.694. The summed E-state index contributed by atoms with van der Waals surface area (Å²) in [4.78, 5) is 17.3. The van der Waals surface area contributed by atoms with Crippen molar-refractivity contribution in [3.8, 4) is 0 Å². The first-order chi connectivity index (χ1) is 6.08. The van der Waals surface area contributed by atoms with E-state index in [4.69, 9.17) is 17.3 Å². The SMILES string of the molecule is C=C(Cl)CSc1nc(N)cc(=O)[nH]1. The van der Waals surface area contributed by atoms with Crippen LogP contribution in [0.5, 0.6) is 0 Å². The average Bonchev–Trinajstić information content (AvgIpc) is 1.99. The van der Waals surface area contributed by atoms with Crippen LogP contribution in [0.4, 0.5) is 5.82 Å². The molecule has 0 aliphatic rings. The van der Waals surface area contributed by atoms with Gasteiger partial charge in [0.15, 0.2) is 5.16 Å². The number of hydrogen-bond acceptors (Lipinski definition) is 4. The van der Waals surface area contributed by atoms with Gasteiger partial charge in [0, 0.05) is 16.9 Å². The van der Waals surface area contributed by atoms with Crippen LogP contribution in [0.15, 0.2) is 27.6 Å². The van der Waals surface area contributed by atoms with Crippen LogP contribution in [-0.2, 0) is 0 Å². The topological polar surface area (TPSA) is 71.8 Å². The van der Waals surface area contributed by atoms with Crippen LogP contribution in [0.3, 0.4) is 0 Å². The Morgan fingerprint density at radius 2 is 2.54 bits per heavy atom. The zero-order chi connectivity index (χ0) is 9.84. The molecule has 0 spiro atoms. The van der Waals surface area contributed by atoms with E-state index >= 15 is 0 Å². The highest BCUT2D eigenvalue weighted by atomic mass is 35.5. The zero-order valence-corrected chi connectivity index (χ0v) is 8.28. The van der Waals surface area contributed by atoms with E-state index in [0.29, 0.717) is 15.9 Å². The van der Waals surface area contributed by atoms with Gasteiger partial charge in [-0.15, -0.1) is 0 Å². The Morgan fingerprint density at radius 3 is 3.08 bits per heavy atom. The molecule has 1 heterocycles. The quantitative estimate of drug-likeness (QED) is 0.590. The molecule has 0 atom stereocenters. The number of nitrogens with one attached hydrogen (secondary N) is 1. The van der Waals surface area contributed by atoms with E-state index in [9.17, 15) is 4.79 Å². The third-order valence-electron chi connectivity index (χ3n) is 1.11. The largest absolute Gasteiger partial charge is 0.383 e.